The van der Waals surface area contributed by atoms with Crippen molar-refractivity contribution in [2.75, 3.05) is 7.11 Å². The average Bonchev–Trinajstić information content (AvgIpc) is 2.94. The fourth-order valence-electron chi connectivity index (χ4n) is 1.66. The van der Waals surface area contributed by atoms with Crippen molar-refractivity contribution in [3.63, 3.8) is 0 Å². The van der Waals surface area contributed by atoms with Crippen LogP contribution in [0.3, 0.4) is 0 Å². The Hall–Kier alpha value is -2.08. The van der Waals surface area contributed by atoms with Gasteiger partial charge in [-0.3, -0.25) is 0 Å². The van der Waals surface area contributed by atoms with E-state index in [-0.39, 0.29) is 12.5 Å². The highest BCUT2D eigenvalue weighted by atomic mass is 16.5. The van der Waals surface area contributed by atoms with Gasteiger partial charge in [0.2, 0.25) is 11.7 Å². The van der Waals surface area contributed by atoms with Crippen molar-refractivity contribution < 1.29 is 14.0 Å². The number of ether oxygens (including phenoxy) is 2. The predicted molar refractivity (Wildman–Crippen MR) is 73.6 cm³/mol. The maximum absolute atomic E-state index is 5.66. The molecule has 0 unspecified atom stereocenters. The summed E-state index contributed by atoms with van der Waals surface area (Å²) >= 11 is 0. The molecule has 1 heterocycles. The second-order valence-corrected chi connectivity index (χ2v) is 4.68. The Morgan fingerprint density at radius 1 is 1.30 bits per heavy atom. The van der Waals surface area contributed by atoms with Crippen LogP contribution in [0.25, 0.3) is 0 Å². The summed E-state index contributed by atoms with van der Waals surface area (Å²) in [5.74, 6) is 2.59. The number of benzene rings is 1. The molecule has 2 rings (SSSR count). The molecule has 0 aliphatic carbocycles. The monoisotopic (exact) mass is 277 g/mol. The number of nitrogens with zero attached hydrogens (tertiary/aromatic N) is 2. The third-order valence-corrected chi connectivity index (χ3v) is 2.80. The van der Waals surface area contributed by atoms with E-state index in [0.717, 1.165) is 5.56 Å². The largest absolute Gasteiger partial charge is 0.493 e. The molecule has 0 aliphatic heterocycles. The Morgan fingerprint density at radius 2 is 2.10 bits per heavy atom. The molecule has 6 heteroatoms. The second kappa shape index (κ2) is 6.38. The van der Waals surface area contributed by atoms with Crippen molar-refractivity contribution in [3.8, 4) is 11.5 Å². The van der Waals surface area contributed by atoms with Crippen LogP contribution in [0.5, 0.6) is 11.5 Å². The van der Waals surface area contributed by atoms with Crippen LogP contribution in [0, 0.1) is 0 Å². The topological polar surface area (TPSA) is 83.4 Å². The van der Waals surface area contributed by atoms with Crippen LogP contribution in [0.1, 0.15) is 37.0 Å². The van der Waals surface area contributed by atoms with Crippen molar-refractivity contribution in [1.82, 2.24) is 10.1 Å². The average molecular weight is 277 g/mol. The third kappa shape index (κ3) is 3.27. The van der Waals surface area contributed by atoms with Gasteiger partial charge in [-0.15, -0.1) is 0 Å². The third-order valence-electron chi connectivity index (χ3n) is 2.80. The van der Waals surface area contributed by atoms with E-state index >= 15 is 0 Å². The van der Waals surface area contributed by atoms with Crippen LogP contribution < -0.4 is 15.2 Å². The summed E-state index contributed by atoms with van der Waals surface area (Å²) in [5.41, 5.74) is 6.57. The summed E-state index contributed by atoms with van der Waals surface area (Å²) in [5, 5.41) is 3.87. The minimum atomic E-state index is 0.203. The van der Waals surface area contributed by atoms with Gasteiger partial charge in [0.25, 0.3) is 0 Å². The minimum absolute atomic E-state index is 0.203. The van der Waals surface area contributed by atoms with E-state index in [2.05, 4.69) is 10.1 Å². The molecule has 0 radical (unpaired) electrons. The fourth-order valence-corrected chi connectivity index (χ4v) is 1.66. The van der Waals surface area contributed by atoms with E-state index in [1.165, 1.54) is 0 Å². The van der Waals surface area contributed by atoms with Gasteiger partial charge in [-0.1, -0.05) is 25.1 Å². The lowest BCUT2D eigenvalue weighted by Crippen LogP contribution is -2.02. The maximum Gasteiger partial charge on any atom is 0.229 e. The maximum atomic E-state index is 5.66. The number of rotatable bonds is 6. The van der Waals surface area contributed by atoms with Gasteiger partial charge in [0.05, 0.1) is 7.11 Å². The van der Waals surface area contributed by atoms with Crippen molar-refractivity contribution in [2.24, 2.45) is 5.73 Å². The molecular weight excluding hydrogens is 258 g/mol. The minimum Gasteiger partial charge on any atom is -0.493 e. The zero-order chi connectivity index (χ0) is 14.5. The molecule has 0 bridgehead atoms. The quantitative estimate of drug-likeness (QED) is 0.871. The Kier molecular flexibility index (Phi) is 4.57. The molecule has 0 atom stereocenters. The molecule has 0 fully saturated rings. The highest BCUT2D eigenvalue weighted by molar-refractivity contribution is 5.42. The van der Waals surface area contributed by atoms with Gasteiger partial charge >= 0.3 is 0 Å². The van der Waals surface area contributed by atoms with E-state index in [0.29, 0.717) is 29.8 Å². The zero-order valence-electron chi connectivity index (χ0n) is 11.9. The normalized spacial score (nSPS) is 10.8. The van der Waals surface area contributed by atoms with Gasteiger partial charge in [0.15, 0.2) is 18.1 Å². The molecule has 0 saturated heterocycles. The summed E-state index contributed by atoms with van der Waals surface area (Å²) in [6.07, 6.45) is 0. The Morgan fingerprint density at radius 3 is 2.70 bits per heavy atom. The van der Waals surface area contributed by atoms with Crippen LogP contribution in [0.15, 0.2) is 22.7 Å². The highest BCUT2D eigenvalue weighted by Gasteiger charge is 2.11. The van der Waals surface area contributed by atoms with E-state index in [9.17, 15) is 0 Å². The zero-order valence-corrected chi connectivity index (χ0v) is 11.9. The summed E-state index contributed by atoms with van der Waals surface area (Å²) in [4.78, 5) is 4.25. The first kappa shape index (κ1) is 14.3. The summed E-state index contributed by atoms with van der Waals surface area (Å²) in [6, 6.07) is 5.57. The Bertz CT molecular complexity index is 567. The number of methoxy groups -OCH3 is 1. The van der Waals surface area contributed by atoms with Gasteiger partial charge in [0.1, 0.15) is 0 Å². The molecule has 2 aromatic rings. The molecule has 2 N–H and O–H groups in total. The summed E-state index contributed by atoms with van der Waals surface area (Å²) in [7, 11) is 1.59. The molecule has 0 saturated carbocycles. The van der Waals surface area contributed by atoms with E-state index in [1.807, 2.05) is 32.0 Å². The number of aromatic nitrogens is 2. The van der Waals surface area contributed by atoms with E-state index in [1.54, 1.807) is 7.11 Å². The first-order valence-electron chi connectivity index (χ1n) is 6.46. The second-order valence-electron chi connectivity index (χ2n) is 4.68. The lowest BCUT2D eigenvalue weighted by atomic mass is 10.2. The predicted octanol–water partition coefficient (Wildman–Crippen LogP) is 2.24. The molecule has 0 aliphatic rings. The first-order valence-corrected chi connectivity index (χ1v) is 6.46. The van der Waals surface area contributed by atoms with Crippen LogP contribution in [-0.2, 0) is 13.2 Å². The Balaban J connectivity index is 2.06. The number of hydrogen-bond acceptors (Lipinski definition) is 6. The molecule has 20 heavy (non-hydrogen) atoms. The standard InChI is InChI=1S/C14H19N3O3/c1-9(2)14-16-13(17-20-14)8-19-11-5-4-10(7-15)6-12(11)18-3/h4-6,9H,7-8,15H2,1-3H3. The van der Waals surface area contributed by atoms with Crippen molar-refractivity contribution >= 4 is 0 Å². The fraction of sp³-hybridized carbons (Fsp3) is 0.429. The highest BCUT2D eigenvalue weighted by Crippen LogP contribution is 2.28. The van der Waals surface area contributed by atoms with Crippen molar-refractivity contribution in [2.45, 2.75) is 32.9 Å². The molecule has 0 spiro atoms. The lowest BCUT2D eigenvalue weighted by molar-refractivity contribution is 0.268. The van der Waals surface area contributed by atoms with Gasteiger partial charge in [0, 0.05) is 12.5 Å². The molecule has 6 nitrogen and oxygen atoms in total. The van der Waals surface area contributed by atoms with Gasteiger partial charge < -0.3 is 19.7 Å². The van der Waals surface area contributed by atoms with Crippen molar-refractivity contribution in [3.05, 3.63) is 35.5 Å². The SMILES string of the molecule is COc1cc(CN)ccc1OCc1noc(C(C)C)n1. The van der Waals surface area contributed by atoms with Crippen LogP contribution >= 0.6 is 0 Å². The van der Waals surface area contributed by atoms with Crippen LogP contribution in [0.2, 0.25) is 0 Å². The molecule has 1 aromatic carbocycles. The van der Waals surface area contributed by atoms with Crippen molar-refractivity contribution in [1.29, 1.82) is 0 Å². The van der Waals surface area contributed by atoms with Crippen LogP contribution in [-0.4, -0.2) is 17.3 Å². The number of hydrogen-bond donors (Lipinski definition) is 1. The van der Waals surface area contributed by atoms with E-state index in [4.69, 9.17) is 19.7 Å². The van der Waals surface area contributed by atoms with Crippen LogP contribution in [0.4, 0.5) is 0 Å². The lowest BCUT2D eigenvalue weighted by Gasteiger charge is -2.10. The summed E-state index contributed by atoms with van der Waals surface area (Å²) in [6.45, 7) is 4.67. The van der Waals surface area contributed by atoms with E-state index < -0.39 is 0 Å². The molecule has 1 aromatic heterocycles. The molecule has 0 amide bonds. The van der Waals surface area contributed by atoms with Gasteiger partial charge in [-0.05, 0) is 17.7 Å². The van der Waals surface area contributed by atoms with Gasteiger partial charge in [-0.2, -0.15) is 4.98 Å². The molecule has 108 valence electrons. The smallest absolute Gasteiger partial charge is 0.229 e. The first-order chi connectivity index (χ1) is 9.63. The van der Waals surface area contributed by atoms with Gasteiger partial charge in [-0.25, -0.2) is 0 Å². The number of nitrogens with two attached hydrogens (primary N) is 1. The Labute approximate surface area is 117 Å². The molecular formula is C14H19N3O3. The summed E-state index contributed by atoms with van der Waals surface area (Å²) < 4.78 is 16.0.